The number of ether oxygens (including phenoxy) is 1. The molecule has 6 heteroatoms. The van der Waals surface area contributed by atoms with E-state index in [9.17, 15) is 9.90 Å². The summed E-state index contributed by atoms with van der Waals surface area (Å²) >= 11 is 0. The minimum atomic E-state index is -0.867. The first kappa shape index (κ1) is 18.8. The van der Waals surface area contributed by atoms with Crippen LogP contribution in [-0.4, -0.2) is 43.6 Å². The molecule has 4 heterocycles. The van der Waals surface area contributed by atoms with Crippen LogP contribution in [0.3, 0.4) is 0 Å². The third-order valence-corrected chi connectivity index (χ3v) is 6.77. The molecule has 3 aliphatic heterocycles. The third-order valence-electron chi connectivity index (χ3n) is 6.77. The molecule has 2 aromatic rings. The standard InChI is InChI=1S/C23H29N3O3/c1-15-3-8-22(27)26(24-15)14-23(28)11-19-5-6-20(12-23)25(19)13-17-4-7-21-18(10-17)9-16(2)29-21/h3-4,7-8,10,16,19-20,28H,5-6,9,11-14H2,1-2H3. The van der Waals surface area contributed by atoms with Gasteiger partial charge in [0, 0.05) is 31.1 Å². The Morgan fingerprint density at radius 3 is 2.72 bits per heavy atom. The van der Waals surface area contributed by atoms with Gasteiger partial charge in [0.15, 0.2) is 0 Å². The number of piperidine rings is 1. The van der Waals surface area contributed by atoms with Crippen LogP contribution in [0.25, 0.3) is 0 Å². The predicted octanol–water partition coefficient (Wildman–Crippen LogP) is 2.43. The van der Waals surface area contributed by atoms with E-state index in [1.807, 2.05) is 6.92 Å². The summed E-state index contributed by atoms with van der Waals surface area (Å²) in [5, 5.41) is 15.6. The van der Waals surface area contributed by atoms with Crippen molar-refractivity contribution in [3.05, 3.63) is 57.5 Å². The van der Waals surface area contributed by atoms with E-state index in [1.54, 1.807) is 6.07 Å². The van der Waals surface area contributed by atoms with Crippen LogP contribution < -0.4 is 10.3 Å². The van der Waals surface area contributed by atoms with Crippen LogP contribution in [0.15, 0.2) is 35.1 Å². The minimum absolute atomic E-state index is 0.145. The highest BCUT2D eigenvalue weighted by atomic mass is 16.5. The maximum Gasteiger partial charge on any atom is 0.266 e. The molecule has 0 aliphatic carbocycles. The number of hydrogen-bond donors (Lipinski definition) is 1. The molecule has 1 N–H and O–H groups in total. The van der Waals surface area contributed by atoms with Crippen molar-refractivity contribution in [2.45, 2.75) is 82.8 Å². The van der Waals surface area contributed by atoms with E-state index in [1.165, 1.54) is 21.9 Å². The van der Waals surface area contributed by atoms with Gasteiger partial charge in [-0.05, 0) is 62.8 Å². The number of fused-ring (bicyclic) bond motifs is 3. The Balaban J connectivity index is 1.31. The van der Waals surface area contributed by atoms with Crippen molar-refractivity contribution in [1.29, 1.82) is 0 Å². The lowest BCUT2D eigenvalue weighted by Crippen LogP contribution is -2.53. The molecule has 3 aliphatic rings. The zero-order valence-electron chi connectivity index (χ0n) is 17.2. The molecule has 0 amide bonds. The molecule has 2 bridgehead atoms. The third kappa shape index (κ3) is 3.60. The van der Waals surface area contributed by atoms with Gasteiger partial charge in [-0.3, -0.25) is 9.69 Å². The van der Waals surface area contributed by atoms with Gasteiger partial charge in [0.1, 0.15) is 11.9 Å². The Bertz CT molecular complexity index is 972. The number of hydrogen-bond acceptors (Lipinski definition) is 5. The van der Waals surface area contributed by atoms with Crippen LogP contribution in [-0.2, 0) is 19.5 Å². The van der Waals surface area contributed by atoms with Gasteiger partial charge in [-0.15, -0.1) is 0 Å². The van der Waals surface area contributed by atoms with Crippen molar-refractivity contribution in [1.82, 2.24) is 14.7 Å². The molecule has 29 heavy (non-hydrogen) atoms. The monoisotopic (exact) mass is 395 g/mol. The summed E-state index contributed by atoms with van der Waals surface area (Å²) in [6.45, 7) is 5.17. The van der Waals surface area contributed by atoms with E-state index in [4.69, 9.17) is 4.74 Å². The van der Waals surface area contributed by atoms with Gasteiger partial charge in [0.05, 0.1) is 17.8 Å². The summed E-state index contributed by atoms with van der Waals surface area (Å²) in [6, 6.07) is 10.5. The quantitative estimate of drug-likeness (QED) is 0.861. The van der Waals surface area contributed by atoms with Crippen molar-refractivity contribution in [3.63, 3.8) is 0 Å². The van der Waals surface area contributed by atoms with E-state index >= 15 is 0 Å². The Labute approximate surface area is 171 Å². The first-order valence-electron chi connectivity index (χ1n) is 10.7. The molecular weight excluding hydrogens is 366 g/mol. The van der Waals surface area contributed by atoms with E-state index in [0.29, 0.717) is 24.9 Å². The van der Waals surface area contributed by atoms with E-state index in [2.05, 4.69) is 35.1 Å². The van der Waals surface area contributed by atoms with Crippen LogP contribution in [0.5, 0.6) is 5.75 Å². The van der Waals surface area contributed by atoms with E-state index in [-0.39, 0.29) is 18.2 Å². The molecular formula is C23H29N3O3. The van der Waals surface area contributed by atoms with Crippen LogP contribution in [0.4, 0.5) is 0 Å². The van der Waals surface area contributed by atoms with Crippen LogP contribution >= 0.6 is 0 Å². The molecule has 2 saturated heterocycles. The van der Waals surface area contributed by atoms with Gasteiger partial charge in [-0.25, -0.2) is 4.68 Å². The molecule has 6 nitrogen and oxygen atoms in total. The Morgan fingerprint density at radius 2 is 1.97 bits per heavy atom. The molecule has 2 fully saturated rings. The van der Waals surface area contributed by atoms with Crippen molar-refractivity contribution in [3.8, 4) is 5.75 Å². The van der Waals surface area contributed by atoms with Crippen molar-refractivity contribution in [2.75, 3.05) is 0 Å². The molecule has 154 valence electrons. The van der Waals surface area contributed by atoms with Gasteiger partial charge >= 0.3 is 0 Å². The van der Waals surface area contributed by atoms with Crippen molar-refractivity contribution < 1.29 is 9.84 Å². The number of aryl methyl sites for hydroxylation is 1. The zero-order chi connectivity index (χ0) is 20.2. The summed E-state index contributed by atoms with van der Waals surface area (Å²) in [4.78, 5) is 14.7. The Morgan fingerprint density at radius 1 is 1.21 bits per heavy atom. The molecule has 3 atom stereocenters. The van der Waals surface area contributed by atoms with Crippen LogP contribution in [0.1, 0.15) is 49.4 Å². The average Bonchev–Trinajstić information content (AvgIpc) is 3.14. The SMILES string of the molecule is Cc1ccc(=O)n(CC2(O)CC3CCC(C2)N3Cc2ccc3c(c2)CC(C)O3)n1. The van der Waals surface area contributed by atoms with Crippen molar-refractivity contribution >= 4 is 0 Å². The van der Waals surface area contributed by atoms with Crippen LogP contribution in [0.2, 0.25) is 0 Å². The molecule has 1 aromatic carbocycles. The molecule has 0 saturated carbocycles. The minimum Gasteiger partial charge on any atom is -0.490 e. The maximum absolute atomic E-state index is 12.2. The zero-order valence-corrected chi connectivity index (χ0v) is 17.2. The van der Waals surface area contributed by atoms with Crippen molar-refractivity contribution in [2.24, 2.45) is 0 Å². The molecule has 3 unspecified atom stereocenters. The second kappa shape index (κ2) is 6.96. The number of aromatic nitrogens is 2. The highest BCUT2D eigenvalue weighted by molar-refractivity contribution is 5.40. The average molecular weight is 396 g/mol. The van der Waals surface area contributed by atoms with Gasteiger partial charge in [-0.1, -0.05) is 12.1 Å². The first-order chi connectivity index (χ1) is 13.9. The summed E-state index contributed by atoms with van der Waals surface area (Å²) in [6.07, 6.45) is 4.84. The Kier molecular flexibility index (Phi) is 4.51. The normalized spacial score (nSPS) is 30.9. The topological polar surface area (TPSA) is 67.6 Å². The summed E-state index contributed by atoms with van der Waals surface area (Å²) in [5.41, 5.74) is 2.41. The van der Waals surface area contributed by atoms with E-state index in [0.717, 1.165) is 37.3 Å². The van der Waals surface area contributed by atoms with Gasteiger partial charge < -0.3 is 9.84 Å². The number of benzene rings is 1. The largest absolute Gasteiger partial charge is 0.490 e. The fourth-order valence-corrected chi connectivity index (χ4v) is 5.53. The Hall–Kier alpha value is -2.18. The molecule has 0 spiro atoms. The van der Waals surface area contributed by atoms with Gasteiger partial charge in [0.25, 0.3) is 5.56 Å². The fraction of sp³-hybridized carbons (Fsp3) is 0.565. The summed E-state index contributed by atoms with van der Waals surface area (Å²) in [5.74, 6) is 1.02. The summed E-state index contributed by atoms with van der Waals surface area (Å²) in [7, 11) is 0. The lowest BCUT2D eigenvalue weighted by atomic mass is 9.85. The second-order valence-electron chi connectivity index (χ2n) is 9.24. The predicted molar refractivity (Wildman–Crippen MR) is 110 cm³/mol. The molecule has 0 radical (unpaired) electrons. The lowest BCUT2D eigenvalue weighted by Gasteiger charge is -2.43. The first-order valence-corrected chi connectivity index (χ1v) is 10.7. The van der Waals surface area contributed by atoms with Gasteiger partial charge in [-0.2, -0.15) is 5.10 Å². The van der Waals surface area contributed by atoms with Gasteiger partial charge in [0.2, 0.25) is 0 Å². The highest BCUT2D eigenvalue weighted by Crippen LogP contribution is 2.42. The number of nitrogens with zero attached hydrogens (tertiary/aromatic N) is 3. The molecule has 1 aromatic heterocycles. The maximum atomic E-state index is 12.2. The summed E-state index contributed by atoms with van der Waals surface area (Å²) < 4.78 is 7.26. The second-order valence-corrected chi connectivity index (χ2v) is 9.24. The highest BCUT2D eigenvalue weighted by Gasteiger charge is 2.47. The smallest absolute Gasteiger partial charge is 0.266 e. The number of aliphatic hydroxyl groups is 1. The van der Waals surface area contributed by atoms with Crippen LogP contribution in [0, 0.1) is 6.92 Å². The fourth-order valence-electron chi connectivity index (χ4n) is 5.53. The molecule has 5 rings (SSSR count). The van der Waals surface area contributed by atoms with E-state index < -0.39 is 5.60 Å². The number of rotatable bonds is 4. The lowest BCUT2D eigenvalue weighted by molar-refractivity contribution is -0.0677.